The first-order valence-electron chi connectivity index (χ1n) is 6.59. The highest BCUT2D eigenvalue weighted by molar-refractivity contribution is 14.1. The first-order chi connectivity index (χ1) is 9.24. The van der Waals surface area contributed by atoms with Crippen molar-refractivity contribution in [2.45, 2.75) is 31.6 Å². The molecule has 2 aromatic rings. The second-order valence-corrected chi connectivity index (χ2v) is 7.86. The van der Waals surface area contributed by atoms with E-state index >= 15 is 0 Å². The van der Waals surface area contributed by atoms with Gasteiger partial charge in [0.1, 0.15) is 0 Å². The SMILES string of the molecule is O=C(CC1CCCc2ccccc21)c1csc(I)c1. The molecular formula is C16H15IOS. The number of carbonyl (C=O) groups is 1. The Hall–Kier alpha value is -0.680. The normalized spacial score (nSPS) is 18.1. The average molecular weight is 382 g/mol. The third-order valence-corrected chi connectivity index (χ3v) is 5.60. The molecule has 1 atom stereocenters. The number of aryl methyl sites for hydroxylation is 1. The third-order valence-electron chi connectivity index (χ3n) is 3.81. The maximum Gasteiger partial charge on any atom is 0.164 e. The monoisotopic (exact) mass is 382 g/mol. The molecule has 1 heterocycles. The van der Waals surface area contributed by atoms with Crippen LogP contribution in [0.15, 0.2) is 35.7 Å². The molecule has 19 heavy (non-hydrogen) atoms. The molecular weight excluding hydrogens is 367 g/mol. The number of Topliss-reactive ketones (excluding diaryl/α,β-unsaturated/α-hetero) is 1. The van der Waals surface area contributed by atoms with Crippen molar-refractivity contribution in [2.75, 3.05) is 0 Å². The van der Waals surface area contributed by atoms with E-state index in [1.54, 1.807) is 11.3 Å². The molecule has 1 aromatic heterocycles. The summed E-state index contributed by atoms with van der Waals surface area (Å²) in [5.74, 6) is 0.705. The summed E-state index contributed by atoms with van der Waals surface area (Å²) in [5.41, 5.74) is 3.72. The van der Waals surface area contributed by atoms with Gasteiger partial charge in [-0.15, -0.1) is 11.3 Å². The molecule has 98 valence electrons. The van der Waals surface area contributed by atoms with Crippen LogP contribution >= 0.6 is 33.9 Å². The van der Waals surface area contributed by atoms with Gasteiger partial charge in [0.2, 0.25) is 0 Å². The first-order valence-corrected chi connectivity index (χ1v) is 8.55. The predicted molar refractivity (Wildman–Crippen MR) is 88.1 cm³/mol. The second-order valence-electron chi connectivity index (χ2n) is 5.05. The van der Waals surface area contributed by atoms with Crippen LogP contribution in [0, 0.1) is 2.88 Å². The fourth-order valence-electron chi connectivity index (χ4n) is 2.86. The molecule has 0 bridgehead atoms. The molecule has 0 saturated heterocycles. The maximum atomic E-state index is 12.3. The van der Waals surface area contributed by atoms with Crippen LogP contribution in [0.1, 0.15) is 46.7 Å². The van der Waals surface area contributed by atoms with Crippen molar-refractivity contribution < 1.29 is 4.79 Å². The standard InChI is InChI=1S/C16H15IOS/c17-16-9-13(10-19-16)15(18)8-12-6-3-5-11-4-1-2-7-14(11)12/h1-2,4,7,9-10,12H,3,5-6,8H2. The van der Waals surface area contributed by atoms with Gasteiger partial charge in [0.25, 0.3) is 0 Å². The lowest BCUT2D eigenvalue weighted by Crippen LogP contribution is -2.13. The van der Waals surface area contributed by atoms with Gasteiger partial charge in [-0.25, -0.2) is 0 Å². The number of hydrogen-bond donors (Lipinski definition) is 0. The highest BCUT2D eigenvalue weighted by Crippen LogP contribution is 2.35. The van der Waals surface area contributed by atoms with Crippen LogP contribution < -0.4 is 0 Å². The van der Waals surface area contributed by atoms with E-state index in [0.717, 1.165) is 18.4 Å². The Balaban J connectivity index is 1.79. The lowest BCUT2D eigenvalue weighted by molar-refractivity contribution is 0.0971. The minimum Gasteiger partial charge on any atom is -0.294 e. The predicted octanol–water partition coefficient (Wildman–Crippen LogP) is 5.05. The van der Waals surface area contributed by atoms with Crippen molar-refractivity contribution in [3.8, 4) is 0 Å². The molecule has 1 unspecified atom stereocenters. The molecule has 0 fully saturated rings. The molecule has 0 spiro atoms. The molecule has 1 aromatic carbocycles. The van der Waals surface area contributed by atoms with E-state index in [4.69, 9.17) is 0 Å². The zero-order chi connectivity index (χ0) is 13.2. The lowest BCUT2D eigenvalue weighted by atomic mass is 9.80. The number of halogens is 1. The van der Waals surface area contributed by atoms with Crippen molar-refractivity contribution in [3.05, 3.63) is 55.3 Å². The van der Waals surface area contributed by atoms with Crippen molar-refractivity contribution in [2.24, 2.45) is 0 Å². The van der Waals surface area contributed by atoms with E-state index in [1.807, 2.05) is 11.4 Å². The van der Waals surface area contributed by atoms with Crippen LogP contribution in [0.3, 0.4) is 0 Å². The maximum absolute atomic E-state index is 12.3. The topological polar surface area (TPSA) is 17.1 Å². The Morgan fingerprint density at radius 3 is 3.00 bits per heavy atom. The summed E-state index contributed by atoms with van der Waals surface area (Å²) in [6.07, 6.45) is 4.17. The van der Waals surface area contributed by atoms with Crippen LogP contribution in [-0.4, -0.2) is 5.78 Å². The van der Waals surface area contributed by atoms with Crippen LogP contribution in [0.2, 0.25) is 0 Å². The summed E-state index contributed by atoms with van der Waals surface area (Å²) in [4.78, 5) is 12.3. The Morgan fingerprint density at radius 2 is 2.21 bits per heavy atom. The molecule has 0 aliphatic heterocycles. The van der Waals surface area contributed by atoms with Gasteiger partial charge in [0.05, 0.1) is 2.88 Å². The summed E-state index contributed by atoms with van der Waals surface area (Å²) in [5, 5.41) is 1.98. The van der Waals surface area contributed by atoms with Crippen LogP contribution in [-0.2, 0) is 6.42 Å². The van der Waals surface area contributed by atoms with Gasteiger partial charge in [0, 0.05) is 17.4 Å². The van der Waals surface area contributed by atoms with Crippen molar-refractivity contribution in [1.29, 1.82) is 0 Å². The summed E-state index contributed by atoms with van der Waals surface area (Å²) >= 11 is 3.92. The number of thiophene rings is 1. The summed E-state index contributed by atoms with van der Waals surface area (Å²) < 4.78 is 1.19. The highest BCUT2D eigenvalue weighted by Gasteiger charge is 2.23. The quantitative estimate of drug-likeness (QED) is 0.537. The summed E-state index contributed by atoms with van der Waals surface area (Å²) in [6, 6.07) is 10.6. The molecule has 1 aliphatic rings. The van der Waals surface area contributed by atoms with Gasteiger partial charge in [-0.05, 0) is 65.0 Å². The fourth-order valence-corrected chi connectivity index (χ4v) is 4.22. The zero-order valence-electron chi connectivity index (χ0n) is 10.6. The van der Waals surface area contributed by atoms with Crippen LogP contribution in [0.5, 0.6) is 0 Å². The smallest absolute Gasteiger partial charge is 0.164 e. The van der Waals surface area contributed by atoms with Gasteiger partial charge in [-0.3, -0.25) is 4.79 Å². The number of carbonyl (C=O) groups excluding carboxylic acids is 1. The van der Waals surface area contributed by atoms with Crippen LogP contribution in [0.25, 0.3) is 0 Å². The molecule has 0 saturated carbocycles. The van der Waals surface area contributed by atoms with Crippen molar-refractivity contribution in [1.82, 2.24) is 0 Å². The van der Waals surface area contributed by atoms with Crippen LogP contribution in [0.4, 0.5) is 0 Å². The minimum absolute atomic E-state index is 0.292. The summed E-state index contributed by atoms with van der Waals surface area (Å²) in [7, 11) is 0. The molecule has 1 nitrogen and oxygen atoms in total. The van der Waals surface area contributed by atoms with E-state index in [0.29, 0.717) is 18.1 Å². The number of rotatable bonds is 3. The van der Waals surface area contributed by atoms with E-state index in [-0.39, 0.29) is 0 Å². The number of fused-ring (bicyclic) bond motifs is 1. The molecule has 0 radical (unpaired) electrons. The number of benzene rings is 1. The van der Waals surface area contributed by atoms with Crippen molar-refractivity contribution in [3.63, 3.8) is 0 Å². The number of ketones is 1. The summed E-state index contributed by atoms with van der Waals surface area (Å²) in [6.45, 7) is 0. The lowest BCUT2D eigenvalue weighted by Gasteiger charge is -2.24. The van der Waals surface area contributed by atoms with Crippen molar-refractivity contribution >= 4 is 39.7 Å². The molecule has 3 heteroatoms. The highest BCUT2D eigenvalue weighted by atomic mass is 127. The first kappa shape index (κ1) is 13.3. The Labute approximate surface area is 131 Å². The molecule has 3 rings (SSSR count). The Morgan fingerprint density at radius 1 is 1.37 bits per heavy atom. The molecule has 0 amide bonds. The van der Waals surface area contributed by atoms with Gasteiger partial charge >= 0.3 is 0 Å². The van der Waals surface area contributed by atoms with Gasteiger partial charge < -0.3 is 0 Å². The van der Waals surface area contributed by atoms with E-state index in [2.05, 4.69) is 46.9 Å². The van der Waals surface area contributed by atoms with E-state index in [9.17, 15) is 4.79 Å². The van der Waals surface area contributed by atoms with Gasteiger partial charge in [-0.1, -0.05) is 24.3 Å². The Bertz CT molecular complexity index is 602. The Kier molecular flexibility index (Phi) is 4.03. The third kappa shape index (κ3) is 2.92. The molecule has 0 N–H and O–H groups in total. The zero-order valence-corrected chi connectivity index (χ0v) is 13.5. The minimum atomic E-state index is 0.292. The van der Waals surface area contributed by atoms with Gasteiger partial charge in [0.15, 0.2) is 5.78 Å². The average Bonchev–Trinajstić information content (AvgIpc) is 2.86. The largest absolute Gasteiger partial charge is 0.294 e. The van der Waals surface area contributed by atoms with E-state index in [1.165, 1.54) is 20.4 Å². The second kappa shape index (κ2) is 5.75. The number of hydrogen-bond acceptors (Lipinski definition) is 2. The van der Waals surface area contributed by atoms with E-state index < -0.39 is 0 Å². The fraction of sp³-hybridized carbons (Fsp3) is 0.312. The van der Waals surface area contributed by atoms with Gasteiger partial charge in [-0.2, -0.15) is 0 Å². The molecule has 1 aliphatic carbocycles.